The molecule has 0 radical (unpaired) electrons. The first-order chi connectivity index (χ1) is 12.1. The van der Waals surface area contributed by atoms with Crippen LogP contribution in [0.15, 0.2) is 36.7 Å². The van der Waals surface area contributed by atoms with E-state index in [2.05, 4.69) is 32.1 Å². The average Bonchev–Trinajstić information content (AvgIpc) is 2.63. The minimum Gasteiger partial charge on any atom is -0.387 e. The smallest absolute Gasteiger partial charge is 0.225 e. The van der Waals surface area contributed by atoms with E-state index in [9.17, 15) is 5.11 Å². The Bertz CT molecular complexity index is 668. The molecule has 1 unspecified atom stereocenters. The van der Waals surface area contributed by atoms with Crippen LogP contribution in [0, 0.1) is 6.92 Å². The molecule has 6 nitrogen and oxygen atoms in total. The lowest BCUT2D eigenvalue weighted by Crippen LogP contribution is -2.45. The number of hydrogen-bond acceptors (Lipinski definition) is 6. The third kappa shape index (κ3) is 4.75. The molecule has 0 bridgehead atoms. The van der Waals surface area contributed by atoms with E-state index in [1.54, 1.807) is 0 Å². The molecule has 6 heteroatoms. The fourth-order valence-electron chi connectivity index (χ4n) is 3.03. The molecule has 1 fully saturated rings. The van der Waals surface area contributed by atoms with Crippen molar-refractivity contribution in [3.8, 4) is 0 Å². The summed E-state index contributed by atoms with van der Waals surface area (Å²) < 4.78 is 0. The molecular weight excluding hydrogens is 314 g/mol. The highest BCUT2D eigenvalue weighted by molar-refractivity contribution is 5.31. The largest absolute Gasteiger partial charge is 0.387 e. The van der Waals surface area contributed by atoms with Crippen LogP contribution in [-0.4, -0.2) is 59.7 Å². The van der Waals surface area contributed by atoms with Gasteiger partial charge in [0, 0.05) is 57.2 Å². The molecule has 1 aromatic heterocycles. The molecule has 3 rings (SSSR count). The lowest BCUT2D eigenvalue weighted by Gasteiger charge is -2.32. The van der Waals surface area contributed by atoms with Gasteiger partial charge in [-0.05, 0) is 25.1 Å². The Kier molecular flexibility index (Phi) is 5.96. The molecule has 1 saturated heterocycles. The summed E-state index contributed by atoms with van der Waals surface area (Å²) in [5.41, 5.74) is 3.10. The van der Waals surface area contributed by atoms with Crippen molar-refractivity contribution in [2.45, 2.75) is 19.6 Å². The van der Waals surface area contributed by atoms with E-state index in [-0.39, 0.29) is 0 Å². The van der Waals surface area contributed by atoms with Gasteiger partial charge in [-0.3, -0.25) is 0 Å². The quantitative estimate of drug-likeness (QED) is 0.827. The number of nitrogens with one attached hydrogen (secondary N) is 1. The summed E-state index contributed by atoms with van der Waals surface area (Å²) >= 11 is 0. The van der Waals surface area contributed by atoms with E-state index in [4.69, 9.17) is 0 Å². The Balaban J connectivity index is 1.48. The topological polar surface area (TPSA) is 64.5 Å². The number of nitrogens with zero attached hydrogens (tertiary/aromatic N) is 4. The molecule has 2 heterocycles. The summed E-state index contributed by atoms with van der Waals surface area (Å²) in [6, 6.07) is 7.92. The second-order valence-electron chi connectivity index (χ2n) is 6.68. The number of aliphatic hydroxyl groups excluding tert-OH is 1. The van der Waals surface area contributed by atoms with Gasteiger partial charge in [0.2, 0.25) is 5.95 Å². The second-order valence-corrected chi connectivity index (χ2v) is 6.68. The van der Waals surface area contributed by atoms with Gasteiger partial charge in [0.25, 0.3) is 0 Å². The number of rotatable bonds is 6. The molecular formula is C19H27N5O. The van der Waals surface area contributed by atoms with Crippen molar-refractivity contribution < 1.29 is 5.11 Å². The predicted octanol–water partition coefficient (Wildman–Crippen LogP) is 1.36. The number of aryl methyl sites for hydroxylation is 1. The molecule has 1 aliphatic rings. The van der Waals surface area contributed by atoms with Crippen molar-refractivity contribution in [2.75, 3.05) is 44.7 Å². The summed E-state index contributed by atoms with van der Waals surface area (Å²) in [4.78, 5) is 13.5. The second kappa shape index (κ2) is 8.38. The van der Waals surface area contributed by atoms with Gasteiger partial charge in [-0.25, -0.2) is 9.97 Å². The first-order valence-electron chi connectivity index (χ1n) is 8.82. The Morgan fingerprint density at radius 1 is 1.12 bits per heavy atom. The van der Waals surface area contributed by atoms with Crippen LogP contribution < -0.4 is 10.2 Å². The maximum absolute atomic E-state index is 10.3. The zero-order valence-corrected chi connectivity index (χ0v) is 15.0. The third-order valence-corrected chi connectivity index (χ3v) is 4.69. The molecule has 2 N–H and O–H groups in total. The zero-order chi connectivity index (χ0) is 17.6. The van der Waals surface area contributed by atoms with Crippen LogP contribution in [0.4, 0.5) is 5.95 Å². The Morgan fingerprint density at radius 2 is 1.80 bits per heavy atom. The summed E-state index contributed by atoms with van der Waals surface area (Å²) in [6.07, 6.45) is 3.23. The fraction of sp³-hybridized carbons (Fsp3) is 0.474. The predicted molar refractivity (Wildman–Crippen MR) is 99.6 cm³/mol. The van der Waals surface area contributed by atoms with E-state index in [0.717, 1.165) is 48.8 Å². The van der Waals surface area contributed by atoms with Gasteiger partial charge in [0.1, 0.15) is 0 Å². The van der Waals surface area contributed by atoms with Gasteiger partial charge in [0.15, 0.2) is 0 Å². The number of hydrogen-bond donors (Lipinski definition) is 2. The van der Waals surface area contributed by atoms with Crippen molar-refractivity contribution in [3.05, 3.63) is 53.3 Å². The molecule has 0 aliphatic carbocycles. The van der Waals surface area contributed by atoms with Crippen molar-refractivity contribution in [3.63, 3.8) is 0 Å². The summed E-state index contributed by atoms with van der Waals surface area (Å²) in [5.74, 6) is 0.803. The monoisotopic (exact) mass is 341 g/mol. The standard InChI is InChI=1S/C19H27N5O/c1-15-5-3-4-6-17(15)18(25)14-20-11-16-12-21-19(22-13-16)24-9-7-23(2)8-10-24/h3-6,12-13,18,20,25H,7-11,14H2,1-2H3. The van der Waals surface area contributed by atoms with Crippen LogP contribution in [0.5, 0.6) is 0 Å². The minimum absolute atomic E-state index is 0.505. The first-order valence-corrected chi connectivity index (χ1v) is 8.82. The zero-order valence-electron chi connectivity index (χ0n) is 15.0. The molecule has 134 valence electrons. The highest BCUT2D eigenvalue weighted by atomic mass is 16.3. The third-order valence-electron chi connectivity index (χ3n) is 4.69. The van der Waals surface area contributed by atoms with Crippen LogP contribution in [0.3, 0.4) is 0 Å². The van der Waals surface area contributed by atoms with E-state index in [0.29, 0.717) is 13.1 Å². The van der Waals surface area contributed by atoms with Crippen molar-refractivity contribution in [2.24, 2.45) is 0 Å². The van der Waals surface area contributed by atoms with Crippen LogP contribution in [0.25, 0.3) is 0 Å². The normalized spacial score (nSPS) is 16.8. The molecule has 0 amide bonds. The van der Waals surface area contributed by atoms with Crippen LogP contribution >= 0.6 is 0 Å². The van der Waals surface area contributed by atoms with Gasteiger partial charge >= 0.3 is 0 Å². The Labute approximate surface area is 149 Å². The average molecular weight is 341 g/mol. The number of benzene rings is 1. The van der Waals surface area contributed by atoms with Crippen molar-refractivity contribution in [1.29, 1.82) is 0 Å². The molecule has 1 atom stereocenters. The fourth-order valence-corrected chi connectivity index (χ4v) is 3.03. The van der Waals surface area contributed by atoms with Gasteiger partial charge in [-0.2, -0.15) is 0 Å². The van der Waals surface area contributed by atoms with Crippen LogP contribution in [0.1, 0.15) is 22.8 Å². The van der Waals surface area contributed by atoms with E-state index in [1.165, 1.54) is 0 Å². The van der Waals surface area contributed by atoms with Crippen LogP contribution in [0.2, 0.25) is 0 Å². The van der Waals surface area contributed by atoms with Crippen molar-refractivity contribution >= 4 is 5.95 Å². The Morgan fingerprint density at radius 3 is 2.48 bits per heavy atom. The van der Waals surface area contributed by atoms with Crippen LogP contribution in [-0.2, 0) is 6.54 Å². The number of aromatic nitrogens is 2. The van der Waals surface area contributed by atoms with Crippen molar-refractivity contribution in [1.82, 2.24) is 20.2 Å². The van der Waals surface area contributed by atoms with Gasteiger partial charge in [-0.1, -0.05) is 24.3 Å². The number of aliphatic hydroxyl groups is 1. The molecule has 0 spiro atoms. The number of anilines is 1. The lowest BCUT2D eigenvalue weighted by molar-refractivity contribution is 0.173. The molecule has 0 saturated carbocycles. The highest BCUT2D eigenvalue weighted by Crippen LogP contribution is 2.16. The van der Waals surface area contributed by atoms with E-state index in [1.807, 2.05) is 43.6 Å². The number of likely N-dealkylation sites (N-methyl/N-ethyl adjacent to an activating group) is 1. The molecule has 1 aromatic carbocycles. The van der Waals surface area contributed by atoms with Gasteiger partial charge in [-0.15, -0.1) is 0 Å². The highest BCUT2D eigenvalue weighted by Gasteiger charge is 2.16. The SMILES string of the molecule is Cc1ccccc1C(O)CNCc1cnc(N2CCN(C)CC2)nc1. The first kappa shape index (κ1) is 17.8. The maximum Gasteiger partial charge on any atom is 0.225 e. The lowest BCUT2D eigenvalue weighted by atomic mass is 10.0. The number of piperazine rings is 1. The Hall–Kier alpha value is -2.02. The molecule has 25 heavy (non-hydrogen) atoms. The minimum atomic E-state index is -0.508. The van der Waals surface area contributed by atoms with Gasteiger partial charge in [0.05, 0.1) is 6.10 Å². The summed E-state index contributed by atoms with van der Waals surface area (Å²) in [7, 11) is 2.14. The molecule has 1 aliphatic heterocycles. The van der Waals surface area contributed by atoms with E-state index < -0.39 is 6.10 Å². The summed E-state index contributed by atoms with van der Waals surface area (Å²) in [5, 5.41) is 13.6. The molecule has 2 aromatic rings. The summed E-state index contributed by atoms with van der Waals surface area (Å²) in [6.45, 7) is 7.20. The maximum atomic E-state index is 10.3. The van der Waals surface area contributed by atoms with E-state index >= 15 is 0 Å². The van der Waals surface area contributed by atoms with Gasteiger partial charge < -0.3 is 20.2 Å².